The van der Waals surface area contributed by atoms with Crippen LogP contribution in [-0.2, 0) is 4.79 Å². The number of benzene rings is 2. The van der Waals surface area contributed by atoms with E-state index >= 15 is 0 Å². The van der Waals surface area contributed by atoms with Crippen molar-refractivity contribution in [2.75, 3.05) is 17.7 Å². The summed E-state index contributed by atoms with van der Waals surface area (Å²) in [6, 6.07) is 13.1. The lowest BCUT2D eigenvalue weighted by Gasteiger charge is -2.16. The first kappa shape index (κ1) is 15.9. The van der Waals surface area contributed by atoms with Crippen molar-refractivity contribution >= 4 is 17.3 Å². The number of rotatable bonds is 5. The van der Waals surface area contributed by atoms with Crippen LogP contribution in [0.15, 0.2) is 42.5 Å². The number of aryl methyl sites for hydroxylation is 2. The molecule has 0 fully saturated rings. The third-order valence-corrected chi connectivity index (χ3v) is 3.51. The fourth-order valence-corrected chi connectivity index (χ4v) is 2.20. The Hall–Kier alpha value is -2.49. The highest BCUT2D eigenvalue weighted by atomic mass is 16.5. The Morgan fingerprint density at radius 2 is 1.77 bits per heavy atom. The molecule has 0 unspecified atom stereocenters. The van der Waals surface area contributed by atoms with E-state index in [1.807, 2.05) is 57.2 Å². The summed E-state index contributed by atoms with van der Waals surface area (Å²) in [5.74, 6) is 0.723. The van der Waals surface area contributed by atoms with Crippen molar-refractivity contribution in [3.63, 3.8) is 0 Å². The van der Waals surface area contributed by atoms with Gasteiger partial charge in [0.15, 0.2) is 0 Å². The topological polar surface area (TPSA) is 50.4 Å². The second-order valence-electron chi connectivity index (χ2n) is 5.40. The van der Waals surface area contributed by atoms with Gasteiger partial charge >= 0.3 is 0 Å². The molecule has 0 saturated carbocycles. The van der Waals surface area contributed by atoms with Crippen LogP contribution >= 0.6 is 0 Å². The number of anilines is 2. The van der Waals surface area contributed by atoms with Crippen molar-refractivity contribution in [3.8, 4) is 5.75 Å². The highest BCUT2D eigenvalue weighted by Crippen LogP contribution is 2.18. The minimum absolute atomic E-state index is 0.0669. The predicted molar refractivity (Wildman–Crippen MR) is 90.6 cm³/mol. The summed E-state index contributed by atoms with van der Waals surface area (Å²) < 4.78 is 5.12. The van der Waals surface area contributed by atoms with Crippen LogP contribution in [0.3, 0.4) is 0 Å². The maximum absolute atomic E-state index is 12.3. The number of amides is 1. The molecule has 1 atom stereocenters. The van der Waals surface area contributed by atoms with Crippen LogP contribution in [0.4, 0.5) is 11.4 Å². The second kappa shape index (κ2) is 6.98. The van der Waals surface area contributed by atoms with Gasteiger partial charge < -0.3 is 15.4 Å². The van der Waals surface area contributed by atoms with E-state index in [4.69, 9.17) is 4.74 Å². The van der Waals surface area contributed by atoms with Gasteiger partial charge in [-0.3, -0.25) is 4.79 Å². The molecule has 2 aromatic carbocycles. The summed E-state index contributed by atoms with van der Waals surface area (Å²) in [6.07, 6.45) is 0. The Bertz CT molecular complexity index is 651. The molecule has 0 radical (unpaired) electrons. The van der Waals surface area contributed by atoms with E-state index < -0.39 is 0 Å². The third kappa shape index (κ3) is 4.01. The summed E-state index contributed by atoms with van der Waals surface area (Å²) in [7, 11) is 1.63. The van der Waals surface area contributed by atoms with Crippen LogP contribution in [0.1, 0.15) is 18.1 Å². The minimum Gasteiger partial charge on any atom is -0.497 e. The van der Waals surface area contributed by atoms with Crippen molar-refractivity contribution in [3.05, 3.63) is 53.6 Å². The van der Waals surface area contributed by atoms with Crippen LogP contribution < -0.4 is 15.4 Å². The number of hydrogen-bond acceptors (Lipinski definition) is 3. The highest BCUT2D eigenvalue weighted by Gasteiger charge is 2.13. The van der Waals surface area contributed by atoms with Gasteiger partial charge in [-0.1, -0.05) is 17.7 Å². The molecule has 22 heavy (non-hydrogen) atoms. The zero-order valence-corrected chi connectivity index (χ0v) is 13.4. The number of carbonyl (C=O) groups excluding carboxylic acids is 1. The molecule has 0 aliphatic carbocycles. The lowest BCUT2D eigenvalue weighted by molar-refractivity contribution is -0.116. The summed E-state index contributed by atoms with van der Waals surface area (Å²) in [5.41, 5.74) is 3.97. The molecule has 4 heteroatoms. The fourth-order valence-electron chi connectivity index (χ4n) is 2.20. The number of methoxy groups -OCH3 is 1. The Morgan fingerprint density at radius 1 is 1.09 bits per heavy atom. The summed E-state index contributed by atoms with van der Waals surface area (Å²) >= 11 is 0. The molecule has 4 nitrogen and oxygen atoms in total. The minimum atomic E-state index is -0.339. The first-order chi connectivity index (χ1) is 10.5. The highest BCUT2D eigenvalue weighted by molar-refractivity contribution is 5.96. The molecule has 0 spiro atoms. The molecular formula is C18H22N2O2. The summed E-state index contributed by atoms with van der Waals surface area (Å²) in [4.78, 5) is 12.3. The molecule has 0 saturated heterocycles. The Morgan fingerprint density at radius 3 is 2.36 bits per heavy atom. The van der Waals surface area contributed by atoms with Crippen molar-refractivity contribution in [1.82, 2.24) is 0 Å². The number of nitrogens with one attached hydrogen (secondary N) is 2. The van der Waals surface area contributed by atoms with Crippen molar-refractivity contribution in [2.24, 2.45) is 0 Å². The van der Waals surface area contributed by atoms with Gasteiger partial charge in [-0.15, -0.1) is 0 Å². The van der Waals surface area contributed by atoms with Gasteiger partial charge in [0.2, 0.25) is 5.91 Å². The maximum atomic E-state index is 12.3. The Kier molecular flexibility index (Phi) is 5.04. The molecule has 2 rings (SSSR count). The van der Waals surface area contributed by atoms with E-state index in [-0.39, 0.29) is 11.9 Å². The van der Waals surface area contributed by atoms with Gasteiger partial charge in [-0.05, 0) is 56.7 Å². The first-order valence-corrected chi connectivity index (χ1v) is 7.28. The molecule has 0 aromatic heterocycles. The van der Waals surface area contributed by atoms with Gasteiger partial charge in [0.25, 0.3) is 0 Å². The molecule has 0 bridgehead atoms. The maximum Gasteiger partial charge on any atom is 0.246 e. The van der Waals surface area contributed by atoms with Crippen molar-refractivity contribution < 1.29 is 9.53 Å². The van der Waals surface area contributed by atoms with Crippen molar-refractivity contribution in [2.45, 2.75) is 26.8 Å². The van der Waals surface area contributed by atoms with Gasteiger partial charge in [0, 0.05) is 11.4 Å². The van der Waals surface area contributed by atoms with E-state index in [0.29, 0.717) is 0 Å². The molecule has 0 heterocycles. The standard InChI is InChI=1S/C18H22N2O2/c1-12-5-10-17(13(2)11-12)20-18(21)14(3)19-15-6-8-16(22-4)9-7-15/h5-11,14,19H,1-4H3,(H,20,21)/t14-/m0/s1. The first-order valence-electron chi connectivity index (χ1n) is 7.28. The number of ether oxygens (including phenoxy) is 1. The fraction of sp³-hybridized carbons (Fsp3) is 0.278. The van der Waals surface area contributed by atoms with Crippen molar-refractivity contribution in [1.29, 1.82) is 0 Å². The van der Waals surface area contributed by atoms with Gasteiger partial charge in [0.05, 0.1) is 7.11 Å². The zero-order valence-electron chi connectivity index (χ0n) is 13.4. The van der Waals surface area contributed by atoms with Crippen LogP contribution in [0.5, 0.6) is 5.75 Å². The predicted octanol–water partition coefficient (Wildman–Crippen LogP) is 3.75. The van der Waals surface area contributed by atoms with Crippen LogP contribution in [-0.4, -0.2) is 19.1 Å². The average Bonchev–Trinajstić information content (AvgIpc) is 2.50. The summed E-state index contributed by atoms with van der Waals surface area (Å²) in [6.45, 7) is 5.86. The second-order valence-corrected chi connectivity index (χ2v) is 5.40. The van der Waals surface area contributed by atoms with E-state index in [9.17, 15) is 4.79 Å². The van der Waals surface area contributed by atoms with E-state index in [0.717, 1.165) is 22.7 Å². The average molecular weight is 298 g/mol. The Labute approximate surface area is 131 Å². The molecule has 116 valence electrons. The molecule has 1 amide bonds. The van der Waals surface area contributed by atoms with Gasteiger partial charge in [-0.2, -0.15) is 0 Å². The van der Waals surface area contributed by atoms with Crippen LogP contribution in [0.25, 0.3) is 0 Å². The monoisotopic (exact) mass is 298 g/mol. The van der Waals surface area contributed by atoms with Gasteiger partial charge in [0.1, 0.15) is 11.8 Å². The molecular weight excluding hydrogens is 276 g/mol. The summed E-state index contributed by atoms with van der Waals surface area (Å²) in [5, 5.41) is 6.13. The Balaban J connectivity index is 1.99. The largest absolute Gasteiger partial charge is 0.497 e. The van der Waals surface area contributed by atoms with Gasteiger partial charge in [-0.25, -0.2) is 0 Å². The molecule has 2 N–H and O–H groups in total. The molecule has 2 aromatic rings. The third-order valence-electron chi connectivity index (χ3n) is 3.51. The van der Waals surface area contributed by atoms with Crippen LogP contribution in [0, 0.1) is 13.8 Å². The van der Waals surface area contributed by atoms with Crippen LogP contribution in [0.2, 0.25) is 0 Å². The van der Waals surface area contributed by atoms with E-state index in [2.05, 4.69) is 16.7 Å². The molecule has 0 aliphatic rings. The number of hydrogen-bond donors (Lipinski definition) is 2. The lowest BCUT2D eigenvalue weighted by Crippen LogP contribution is -2.32. The molecule has 0 aliphatic heterocycles. The smallest absolute Gasteiger partial charge is 0.246 e. The normalized spacial score (nSPS) is 11.6. The lowest BCUT2D eigenvalue weighted by atomic mass is 10.1. The number of carbonyl (C=O) groups is 1. The SMILES string of the molecule is COc1ccc(N[C@@H](C)C(=O)Nc2ccc(C)cc2C)cc1. The quantitative estimate of drug-likeness (QED) is 0.884. The van der Waals surface area contributed by atoms with E-state index in [1.54, 1.807) is 7.11 Å². The zero-order chi connectivity index (χ0) is 16.1. The van der Waals surface area contributed by atoms with E-state index in [1.165, 1.54) is 5.56 Å².